The average Bonchev–Trinajstić information content (AvgIpc) is 3.36. The van der Waals surface area contributed by atoms with Gasteiger partial charge in [-0.15, -0.1) is 0 Å². The van der Waals surface area contributed by atoms with Crippen molar-refractivity contribution < 1.29 is 18.4 Å². The van der Waals surface area contributed by atoms with Crippen LogP contribution in [0.2, 0.25) is 0 Å². The van der Waals surface area contributed by atoms with Gasteiger partial charge in [0.05, 0.1) is 6.26 Å². The average molecular weight is 449 g/mol. The molecule has 6 heteroatoms. The second-order valence-corrected chi connectivity index (χ2v) is 8.69. The molecule has 1 aromatic heterocycles. The minimum absolute atomic E-state index is 0.102. The zero-order valence-electron chi connectivity index (χ0n) is 18.8. The lowest BCUT2D eigenvalue weighted by Crippen LogP contribution is -2.46. The molecule has 1 aliphatic rings. The maximum Gasteiger partial charge on any atom is 0.290 e. The van der Waals surface area contributed by atoms with E-state index in [0.717, 1.165) is 42.4 Å². The van der Waals surface area contributed by atoms with Crippen LogP contribution in [-0.4, -0.2) is 22.8 Å². The number of halogens is 1. The monoisotopic (exact) mass is 448 g/mol. The van der Waals surface area contributed by atoms with Gasteiger partial charge in [0.2, 0.25) is 5.91 Å². The Kier molecular flexibility index (Phi) is 7.23. The fourth-order valence-electron chi connectivity index (χ4n) is 4.36. The van der Waals surface area contributed by atoms with Gasteiger partial charge >= 0.3 is 0 Å². The highest BCUT2D eigenvalue weighted by atomic mass is 19.1. The van der Waals surface area contributed by atoms with Crippen LogP contribution in [0.15, 0.2) is 71.3 Å². The molecule has 0 saturated heterocycles. The predicted molar refractivity (Wildman–Crippen MR) is 124 cm³/mol. The summed E-state index contributed by atoms with van der Waals surface area (Å²) < 4.78 is 18.9. The molecule has 33 heavy (non-hydrogen) atoms. The number of hydrogen-bond acceptors (Lipinski definition) is 3. The zero-order chi connectivity index (χ0) is 23.2. The van der Waals surface area contributed by atoms with Gasteiger partial charge in [-0.05, 0) is 55.2 Å². The summed E-state index contributed by atoms with van der Waals surface area (Å²) in [7, 11) is 0. The van der Waals surface area contributed by atoms with Crippen molar-refractivity contribution in [1.82, 2.24) is 10.2 Å². The van der Waals surface area contributed by atoms with Gasteiger partial charge in [-0.2, -0.15) is 0 Å². The van der Waals surface area contributed by atoms with Crippen LogP contribution in [0.3, 0.4) is 0 Å². The maximum atomic E-state index is 13.7. The smallest absolute Gasteiger partial charge is 0.290 e. The Hall–Kier alpha value is -3.41. The van der Waals surface area contributed by atoms with E-state index in [4.69, 9.17) is 4.42 Å². The van der Waals surface area contributed by atoms with Gasteiger partial charge in [0.15, 0.2) is 5.76 Å². The number of carbonyl (C=O) groups is 2. The highest BCUT2D eigenvalue weighted by Crippen LogP contribution is 2.28. The summed E-state index contributed by atoms with van der Waals surface area (Å²) in [6, 6.07) is 16.1. The molecule has 1 saturated carbocycles. The SMILES string of the molecule is Cc1ccc([C@H](C(=O)NC2CCCCC2)N(Cc2ccc(F)cc2)C(=O)c2ccco2)cc1. The van der Waals surface area contributed by atoms with Gasteiger partial charge in [0.25, 0.3) is 5.91 Å². The number of aryl methyl sites for hydroxylation is 1. The predicted octanol–water partition coefficient (Wildman–Crippen LogP) is 5.56. The minimum atomic E-state index is -0.852. The molecule has 0 bridgehead atoms. The maximum absolute atomic E-state index is 13.7. The van der Waals surface area contributed by atoms with Crippen LogP contribution >= 0.6 is 0 Å². The highest BCUT2D eigenvalue weighted by molar-refractivity contribution is 5.96. The van der Waals surface area contributed by atoms with Crippen LogP contribution in [-0.2, 0) is 11.3 Å². The van der Waals surface area contributed by atoms with E-state index in [1.807, 2.05) is 31.2 Å². The fourth-order valence-corrected chi connectivity index (χ4v) is 4.36. The van der Waals surface area contributed by atoms with Crippen molar-refractivity contribution in [3.05, 3.63) is 95.2 Å². The van der Waals surface area contributed by atoms with Crippen LogP contribution in [0.25, 0.3) is 0 Å². The van der Waals surface area contributed by atoms with Crippen molar-refractivity contribution >= 4 is 11.8 Å². The summed E-state index contributed by atoms with van der Waals surface area (Å²) in [5.74, 6) is -0.811. The van der Waals surface area contributed by atoms with Crippen molar-refractivity contribution in [1.29, 1.82) is 0 Å². The number of nitrogens with one attached hydrogen (secondary N) is 1. The number of benzene rings is 2. The number of nitrogens with zero attached hydrogens (tertiary/aromatic N) is 1. The summed E-state index contributed by atoms with van der Waals surface area (Å²) in [5.41, 5.74) is 2.50. The molecule has 1 heterocycles. The molecule has 5 nitrogen and oxygen atoms in total. The standard InChI is InChI=1S/C27H29FN2O3/c1-19-9-13-21(14-10-19)25(26(31)29-23-6-3-2-4-7-23)30(27(32)24-8-5-17-33-24)18-20-11-15-22(28)16-12-20/h5,8-17,23,25H,2-4,6-7,18H2,1H3,(H,29,31)/t25-/m1/s1. The van der Waals surface area contributed by atoms with Crippen molar-refractivity contribution in [2.75, 3.05) is 0 Å². The van der Waals surface area contributed by atoms with E-state index < -0.39 is 11.9 Å². The van der Waals surface area contributed by atoms with Crippen LogP contribution in [0.1, 0.15) is 65.4 Å². The third-order valence-corrected chi connectivity index (χ3v) is 6.16. The first kappa shape index (κ1) is 22.8. The first-order valence-electron chi connectivity index (χ1n) is 11.5. The van der Waals surface area contributed by atoms with Crippen molar-refractivity contribution in [2.24, 2.45) is 0 Å². The molecule has 1 N–H and O–H groups in total. The summed E-state index contributed by atoms with van der Waals surface area (Å²) >= 11 is 0. The van der Waals surface area contributed by atoms with Crippen LogP contribution in [0.5, 0.6) is 0 Å². The molecule has 0 radical (unpaired) electrons. The third kappa shape index (κ3) is 5.69. The highest BCUT2D eigenvalue weighted by Gasteiger charge is 2.34. The van der Waals surface area contributed by atoms with Gasteiger partial charge in [-0.3, -0.25) is 9.59 Å². The largest absolute Gasteiger partial charge is 0.459 e. The molecule has 3 aromatic rings. The van der Waals surface area contributed by atoms with Crippen molar-refractivity contribution in [3.8, 4) is 0 Å². The van der Waals surface area contributed by atoms with E-state index in [1.165, 1.54) is 29.7 Å². The Morgan fingerprint density at radius 1 is 1.03 bits per heavy atom. The summed E-state index contributed by atoms with van der Waals surface area (Å²) in [6.45, 7) is 2.11. The number of hydrogen-bond donors (Lipinski definition) is 1. The molecule has 0 aliphatic heterocycles. The molecule has 1 aliphatic carbocycles. The first-order chi connectivity index (χ1) is 16.0. The lowest BCUT2D eigenvalue weighted by atomic mass is 9.94. The molecule has 2 aromatic carbocycles. The molecule has 0 unspecified atom stereocenters. The van der Waals surface area contributed by atoms with E-state index >= 15 is 0 Å². The van der Waals surface area contributed by atoms with Crippen molar-refractivity contribution in [2.45, 2.75) is 57.7 Å². The van der Waals surface area contributed by atoms with E-state index in [-0.39, 0.29) is 30.1 Å². The molecule has 1 atom stereocenters. The molecule has 2 amide bonds. The first-order valence-corrected chi connectivity index (χ1v) is 11.5. The van der Waals surface area contributed by atoms with Gasteiger partial charge in [0, 0.05) is 12.6 Å². The Bertz CT molecular complexity index is 1060. The van der Waals surface area contributed by atoms with Gasteiger partial charge in [-0.25, -0.2) is 4.39 Å². The Morgan fingerprint density at radius 2 is 1.73 bits per heavy atom. The Morgan fingerprint density at radius 3 is 2.36 bits per heavy atom. The molecule has 0 spiro atoms. The zero-order valence-corrected chi connectivity index (χ0v) is 18.8. The second kappa shape index (κ2) is 10.5. The normalized spacial score (nSPS) is 15.1. The van der Waals surface area contributed by atoms with E-state index in [1.54, 1.807) is 24.3 Å². The van der Waals surface area contributed by atoms with E-state index in [2.05, 4.69) is 5.32 Å². The molecule has 1 fully saturated rings. The Labute approximate surface area is 193 Å². The van der Waals surface area contributed by atoms with Gasteiger partial charge in [-0.1, -0.05) is 61.2 Å². The molecule has 4 rings (SSSR count). The lowest BCUT2D eigenvalue weighted by Gasteiger charge is -2.33. The quantitative estimate of drug-likeness (QED) is 0.515. The number of rotatable bonds is 7. The summed E-state index contributed by atoms with van der Waals surface area (Å²) in [6.07, 6.45) is 6.68. The summed E-state index contributed by atoms with van der Waals surface area (Å²) in [4.78, 5) is 28.7. The number of amides is 2. The molecular formula is C27H29FN2O3. The molecular weight excluding hydrogens is 419 g/mol. The fraction of sp³-hybridized carbons (Fsp3) is 0.333. The van der Waals surface area contributed by atoms with Crippen LogP contribution in [0, 0.1) is 12.7 Å². The van der Waals surface area contributed by atoms with E-state index in [0.29, 0.717) is 0 Å². The van der Waals surface area contributed by atoms with Gasteiger partial charge < -0.3 is 14.6 Å². The second-order valence-electron chi connectivity index (χ2n) is 8.69. The number of furan rings is 1. The van der Waals surface area contributed by atoms with Gasteiger partial charge in [0.1, 0.15) is 11.9 Å². The lowest BCUT2D eigenvalue weighted by molar-refractivity contribution is -0.127. The topological polar surface area (TPSA) is 62.6 Å². The van der Waals surface area contributed by atoms with Crippen LogP contribution in [0.4, 0.5) is 4.39 Å². The number of carbonyl (C=O) groups excluding carboxylic acids is 2. The van der Waals surface area contributed by atoms with E-state index in [9.17, 15) is 14.0 Å². The Balaban J connectivity index is 1.71. The molecule has 172 valence electrons. The minimum Gasteiger partial charge on any atom is -0.459 e. The van der Waals surface area contributed by atoms with Crippen LogP contribution < -0.4 is 5.32 Å². The third-order valence-electron chi connectivity index (χ3n) is 6.16. The summed E-state index contributed by atoms with van der Waals surface area (Å²) in [5, 5.41) is 3.18. The van der Waals surface area contributed by atoms with Crippen molar-refractivity contribution in [3.63, 3.8) is 0 Å².